The molecule has 0 spiro atoms. The summed E-state index contributed by atoms with van der Waals surface area (Å²) in [6, 6.07) is 7.20. The molecule has 0 aromatic heterocycles. The van der Waals surface area contributed by atoms with E-state index in [1.807, 2.05) is 13.0 Å². The molecule has 1 aliphatic carbocycles. The van der Waals surface area contributed by atoms with Gasteiger partial charge in [-0.05, 0) is 44.2 Å². The minimum Gasteiger partial charge on any atom is -0.451 e. The van der Waals surface area contributed by atoms with Crippen LogP contribution in [-0.2, 0) is 14.3 Å². The average Bonchev–Trinajstić information content (AvgIpc) is 2.63. The second kappa shape index (κ2) is 9.53. The van der Waals surface area contributed by atoms with Gasteiger partial charge in [-0.25, -0.2) is 0 Å². The standard InChI is InChI=1S/C21H30N2O4/c1-13-7-5-9-17(11-13)21(26)22-12-19(24)27-16(4)20(25)23-18-10-6-8-14(2)15(18)3/h5,7,9,11,14-16,18H,6,8,10,12H2,1-4H3,(H,22,26)(H,23,25)/t14-,15-,16+,18+/m0/s1. The molecule has 2 N–H and O–H groups in total. The lowest BCUT2D eigenvalue weighted by Gasteiger charge is -2.35. The van der Waals surface area contributed by atoms with Crippen molar-refractivity contribution in [2.45, 2.75) is 59.1 Å². The van der Waals surface area contributed by atoms with E-state index in [1.165, 1.54) is 6.42 Å². The van der Waals surface area contributed by atoms with Gasteiger partial charge in [0.25, 0.3) is 11.8 Å². The van der Waals surface area contributed by atoms with Crippen LogP contribution < -0.4 is 10.6 Å². The van der Waals surface area contributed by atoms with Crippen molar-refractivity contribution in [1.29, 1.82) is 0 Å². The van der Waals surface area contributed by atoms with Crippen LogP contribution in [0, 0.1) is 18.8 Å². The van der Waals surface area contributed by atoms with Crippen LogP contribution >= 0.6 is 0 Å². The second-order valence-corrected chi connectivity index (χ2v) is 7.57. The summed E-state index contributed by atoms with van der Waals surface area (Å²) in [5.41, 5.74) is 1.44. The van der Waals surface area contributed by atoms with Gasteiger partial charge in [-0.1, -0.05) is 44.4 Å². The summed E-state index contributed by atoms with van der Waals surface area (Å²) in [4.78, 5) is 36.3. The highest BCUT2D eigenvalue weighted by molar-refractivity contribution is 5.96. The second-order valence-electron chi connectivity index (χ2n) is 7.57. The van der Waals surface area contributed by atoms with E-state index in [4.69, 9.17) is 4.74 Å². The maximum Gasteiger partial charge on any atom is 0.326 e. The van der Waals surface area contributed by atoms with Crippen molar-refractivity contribution in [3.63, 3.8) is 0 Å². The Morgan fingerprint density at radius 2 is 1.96 bits per heavy atom. The molecule has 0 radical (unpaired) electrons. The average molecular weight is 374 g/mol. The molecule has 0 unspecified atom stereocenters. The smallest absolute Gasteiger partial charge is 0.326 e. The van der Waals surface area contributed by atoms with Gasteiger partial charge >= 0.3 is 5.97 Å². The molecule has 1 aliphatic rings. The van der Waals surface area contributed by atoms with Gasteiger partial charge in [0.15, 0.2) is 6.10 Å². The van der Waals surface area contributed by atoms with Gasteiger partial charge in [0.05, 0.1) is 0 Å². The Kier molecular flexibility index (Phi) is 7.39. The predicted octanol–water partition coefficient (Wildman–Crippen LogP) is 2.60. The van der Waals surface area contributed by atoms with Gasteiger partial charge < -0.3 is 15.4 Å². The molecular formula is C21H30N2O4. The molecular weight excluding hydrogens is 344 g/mol. The van der Waals surface area contributed by atoms with Gasteiger partial charge in [0, 0.05) is 11.6 Å². The van der Waals surface area contributed by atoms with Crippen LogP contribution in [0.1, 0.15) is 56.0 Å². The predicted molar refractivity (Wildman–Crippen MR) is 103 cm³/mol. The molecule has 0 aliphatic heterocycles. The first kappa shape index (κ1) is 20.9. The number of carbonyl (C=O) groups is 3. The van der Waals surface area contributed by atoms with E-state index in [1.54, 1.807) is 25.1 Å². The van der Waals surface area contributed by atoms with Gasteiger partial charge in [-0.2, -0.15) is 0 Å². The first-order valence-corrected chi connectivity index (χ1v) is 9.62. The fraction of sp³-hybridized carbons (Fsp3) is 0.571. The van der Waals surface area contributed by atoms with Crippen molar-refractivity contribution in [3.05, 3.63) is 35.4 Å². The fourth-order valence-electron chi connectivity index (χ4n) is 3.42. The van der Waals surface area contributed by atoms with Gasteiger partial charge in [-0.3, -0.25) is 14.4 Å². The summed E-state index contributed by atoms with van der Waals surface area (Å²) in [5.74, 6) is -0.307. The quantitative estimate of drug-likeness (QED) is 0.750. The van der Waals surface area contributed by atoms with E-state index in [0.29, 0.717) is 17.4 Å². The monoisotopic (exact) mass is 374 g/mol. The Balaban J connectivity index is 1.77. The summed E-state index contributed by atoms with van der Waals surface area (Å²) in [5, 5.41) is 5.52. The first-order valence-electron chi connectivity index (χ1n) is 9.62. The Morgan fingerprint density at radius 3 is 2.67 bits per heavy atom. The highest BCUT2D eigenvalue weighted by atomic mass is 16.5. The van der Waals surface area contributed by atoms with Crippen LogP contribution in [0.4, 0.5) is 0 Å². The van der Waals surface area contributed by atoms with Crippen LogP contribution in [0.25, 0.3) is 0 Å². The Bertz CT molecular complexity index is 689. The number of esters is 1. The number of aryl methyl sites for hydroxylation is 1. The highest BCUT2D eigenvalue weighted by Gasteiger charge is 2.30. The zero-order chi connectivity index (χ0) is 20.0. The molecule has 1 fully saturated rings. The normalized spacial score (nSPS) is 23.2. The number of nitrogens with one attached hydrogen (secondary N) is 2. The largest absolute Gasteiger partial charge is 0.451 e. The SMILES string of the molecule is Cc1cccc(C(=O)NCC(=O)O[C@H](C)C(=O)N[C@@H]2CCC[C@H](C)[C@@H]2C)c1. The lowest BCUT2D eigenvalue weighted by atomic mass is 9.78. The summed E-state index contributed by atoms with van der Waals surface area (Å²) in [7, 11) is 0. The third-order valence-electron chi connectivity index (χ3n) is 5.39. The number of carbonyl (C=O) groups excluding carboxylic acids is 3. The van der Waals surface area contributed by atoms with Crippen LogP contribution in [0.5, 0.6) is 0 Å². The minimum atomic E-state index is -0.891. The molecule has 6 nitrogen and oxygen atoms in total. The van der Waals surface area contributed by atoms with E-state index >= 15 is 0 Å². The Morgan fingerprint density at radius 1 is 1.22 bits per heavy atom. The summed E-state index contributed by atoms with van der Waals surface area (Å²) < 4.78 is 5.16. The molecule has 1 saturated carbocycles. The Hall–Kier alpha value is -2.37. The summed E-state index contributed by atoms with van der Waals surface area (Å²) >= 11 is 0. The number of amides is 2. The minimum absolute atomic E-state index is 0.114. The van der Waals surface area contributed by atoms with Crippen molar-refractivity contribution in [2.75, 3.05) is 6.54 Å². The molecule has 27 heavy (non-hydrogen) atoms. The molecule has 0 bridgehead atoms. The molecule has 2 amide bonds. The lowest BCUT2D eigenvalue weighted by Crippen LogP contribution is -2.48. The first-order chi connectivity index (χ1) is 12.8. The molecule has 148 valence electrons. The maximum atomic E-state index is 12.3. The van der Waals surface area contributed by atoms with Gasteiger partial charge in [0.1, 0.15) is 6.54 Å². The lowest BCUT2D eigenvalue weighted by molar-refractivity contribution is -0.154. The molecule has 6 heteroatoms. The molecule has 2 rings (SSSR count). The van der Waals surface area contributed by atoms with E-state index in [2.05, 4.69) is 24.5 Å². The topological polar surface area (TPSA) is 84.5 Å². The number of hydrogen-bond donors (Lipinski definition) is 2. The highest BCUT2D eigenvalue weighted by Crippen LogP contribution is 2.29. The van der Waals surface area contributed by atoms with Crippen molar-refractivity contribution in [3.8, 4) is 0 Å². The molecule has 0 heterocycles. The number of rotatable bonds is 6. The number of benzene rings is 1. The van der Waals surface area contributed by atoms with Gasteiger partial charge in [-0.15, -0.1) is 0 Å². The molecule has 4 atom stereocenters. The van der Waals surface area contributed by atoms with Crippen molar-refractivity contribution in [1.82, 2.24) is 10.6 Å². The maximum absolute atomic E-state index is 12.3. The van der Waals surface area contributed by atoms with Crippen LogP contribution in [0.2, 0.25) is 0 Å². The molecule has 1 aromatic rings. The number of ether oxygens (including phenoxy) is 1. The van der Waals surface area contributed by atoms with E-state index in [-0.39, 0.29) is 24.4 Å². The van der Waals surface area contributed by atoms with Crippen LogP contribution in [0.15, 0.2) is 24.3 Å². The zero-order valence-corrected chi connectivity index (χ0v) is 16.6. The number of hydrogen-bond acceptors (Lipinski definition) is 4. The third kappa shape index (κ3) is 6.08. The van der Waals surface area contributed by atoms with Crippen LogP contribution in [-0.4, -0.2) is 36.5 Å². The fourth-order valence-corrected chi connectivity index (χ4v) is 3.42. The Labute approximate surface area is 161 Å². The van der Waals surface area contributed by atoms with Crippen molar-refractivity contribution < 1.29 is 19.1 Å². The van der Waals surface area contributed by atoms with E-state index < -0.39 is 12.1 Å². The zero-order valence-electron chi connectivity index (χ0n) is 16.6. The molecule has 1 aromatic carbocycles. The van der Waals surface area contributed by atoms with E-state index in [9.17, 15) is 14.4 Å². The van der Waals surface area contributed by atoms with Crippen molar-refractivity contribution >= 4 is 17.8 Å². The van der Waals surface area contributed by atoms with E-state index in [0.717, 1.165) is 18.4 Å². The summed E-state index contributed by atoms with van der Waals surface area (Å²) in [6.45, 7) is 7.50. The third-order valence-corrected chi connectivity index (χ3v) is 5.39. The van der Waals surface area contributed by atoms with Crippen molar-refractivity contribution in [2.24, 2.45) is 11.8 Å². The summed E-state index contributed by atoms with van der Waals surface area (Å²) in [6.07, 6.45) is 2.33. The van der Waals surface area contributed by atoms with Gasteiger partial charge in [0.2, 0.25) is 0 Å². The molecule has 0 saturated heterocycles. The van der Waals surface area contributed by atoms with Crippen LogP contribution in [0.3, 0.4) is 0 Å².